The summed E-state index contributed by atoms with van der Waals surface area (Å²) in [4.78, 5) is 12.2. The summed E-state index contributed by atoms with van der Waals surface area (Å²) in [6.45, 7) is 0.701. The number of carbonyl (C=O) groups is 1. The third-order valence-corrected chi connectivity index (χ3v) is 4.18. The first-order valence-electron chi connectivity index (χ1n) is 8.92. The van der Waals surface area contributed by atoms with E-state index in [0.717, 1.165) is 22.5 Å². The van der Waals surface area contributed by atoms with Gasteiger partial charge in [-0.15, -0.1) is 0 Å². The van der Waals surface area contributed by atoms with Crippen molar-refractivity contribution >= 4 is 17.7 Å². The Morgan fingerprint density at radius 1 is 1.00 bits per heavy atom. The van der Waals surface area contributed by atoms with E-state index in [4.69, 9.17) is 0 Å². The molecule has 0 saturated heterocycles. The van der Waals surface area contributed by atoms with Crippen LogP contribution in [0.2, 0.25) is 0 Å². The topological polar surface area (TPSA) is 64.7 Å². The molecule has 0 aliphatic heterocycles. The van der Waals surface area contributed by atoms with Crippen molar-refractivity contribution in [3.63, 3.8) is 0 Å². The second-order valence-electron chi connectivity index (χ2n) is 6.28. The van der Waals surface area contributed by atoms with Gasteiger partial charge in [0.05, 0.1) is 18.4 Å². The Hall–Kier alpha value is -3.93. The molecule has 0 aliphatic rings. The molecule has 138 valence electrons. The first-order valence-corrected chi connectivity index (χ1v) is 8.92. The van der Waals surface area contributed by atoms with Gasteiger partial charge in [-0.3, -0.25) is 9.48 Å². The van der Waals surface area contributed by atoms with Crippen LogP contribution in [0, 0.1) is 0 Å². The van der Waals surface area contributed by atoms with E-state index in [1.165, 1.54) is 6.08 Å². The Morgan fingerprint density at radius 3 is 2.57 bits per heavy atom. The highest BCUT2D eigenvalue weighted by Crippen LogP contribution is 2.12. The summed E-state index contributed by atoms with van der Waals surface area (Å²) >= 11 is 0. The fourth-order valence-electron chi connectivity index (χ4n) is 2.78. The SMILES string of the molecule is O=C(C=Cc1cnn(-c2ccccc2)c1)Nc1ccc(Cn2cccn2)cc1. The number of amides is 1. The van der Waals surface area contributed by atoms with Crippen LogP contribution in [-0.2, 0) is 11.3 Å². The molecule has 6 nitrogen and oxygen atoms in total. The summed E-state index contributed by atoms with van der Waals surface area (Å²) in [6.07, 6.45) is 10.5. The van der Waals surface area contributed by atoms with Crippen molar-refractivity contribution in [3.8, 4) is 5.69 Å². The molecule has 4 rings (SSSR count). The van der Waals surface area contributed by atoms with E-state index in [9.17, 15) is 4.79 Å². The van der Waals surface area contributed by atoms with Crippen LogP contribution in [0.5, 0.6) is 0 Å². The minimum absolute atomic E-state index is 0.188. The van der Waals surface area contributed by atoms with Gasteiger partial charge in [-0.05, 0) is 42.0 Å². The summed E-state index contributed by atoms with van der Waals surface area (Å²) < 4.78 is 3.63. The van der Waals surface area contributed by atoms with Crippen molar-refractivity contribution in [3.05, 3.63) is 103 Å². The van der Waals surface area contributed by atoms with Gasteiger partial charge in [-0.25, -0.2) is 4.68 Å². The molecule has 1 N–H and O–H groups in total. The molecule has 1 amide bonds. The summed E-state index contributed by atoms with van der Waals surface area (Å²) in [5.74, 6) is -0.188. The summed E-state index contributed by atoms with van der Waals surface area (Å²) in [5, 5.41) is 11.4. The monoisotopic (exact) mass is 369 g/mol. The number of hydrogen-bond acceptors (Lipinski definition) is 3. The van der Waals surface area contributed by atoms with Crippen molar-refractivity contribution in [1.29, 1.82) is 0 Å². The van der Waals surface area contributed by atoms with Crippen LogP contribution in [0.25, 0.3) is 11.8 Å². The zero-order valence-corrected chi connectivity index (χ0v) is 15.1. The summed E-state index contributed by atoms with van der Waals surface area (Å²) in [6, 6.07) is 19.4. The lowest BCUT2D eigenvalue weighted by atomic mass is 10.2. The van der Waals surface area contributed by atoms with Gasteiger partial charge in [-0.1, -0.05) is 30.3 Å². The standard InChI is InChI=1S/C22H19N5O/c28-22(12-9-19-15-24-27(17-19)21-5-2-1-3-6-21)25-20-10-7-18(8-11-20)16-26-14-4-13-23-26/h1-15,17H,16H2,(H,25,28). The van der Waals surface area contributed by atoms with Crippen molar-refractivity contribution < 1.29 is 4.79 Å². The van der Waals surface area contributed by atoms with E-state index in [0.29, 0.717) is 6.54 Å². The molecule has 0 saturated carbocycles. The molecule has 0 aliphatic carbocycles. The largest absolute Gasteiger partial charge is 0.323 e. The highest BCUT2D eigenvalue weighted by Gasteiger charge is 2.01. The minimum atomic E-state index is -0.188. The van der Waals surface area contributed by atoms with Crippen LogP contribution in [0.3, 0.4) is 0 Å². The van der Waals surface area contributed by atoms with Crippen molar-refractivity contribution in [2.24, 2.45) is 0 Å². The third-order valence-electron chi connectivity index (χ3n) is 4.18. The molecule has 4 aromatic rings. The molecule has 0 fully saturated rings. The molecule has 0 unspecified atom stereocenters. The zero-order valence-electron chi connectivity index (χ0n) is 15.1. The average molecular weight is 369 g/mol. The number of para-hydroxylation sites is 1. The lowest BCUT2D eigenvalue weighted by molar-refractivity contribution is -0.111. The average Bonchev–Trinajstić information content (AvgIpc) is 3.41. The highest BCUT2D eigenvalue weighted by molar-refractivity contribution is 6.01. The second kappa shape index (κ2) is 8.18. The molecule has 2 heterocycles. The van der Waals surface area contributed by atoms with Crippen LogP contribution in [0.4, 0.5) is 5.69 Å². The maximum Gasteiger partial charge on any atom is 0.248 e. The van der Waals surface area contributed by atoms with E-state index in [1.54, 1.807) is 23.2 Å². The second-order valence-corrected chi connectivity index (χ2v) is 6.28. The number of aromatic nitrogens is 4. The Bertz CT molecular complexity index is 1060. The number of hydrogen-bond donors (Lipinski definition) is 1. The fourth-order valence-corrected chi connectivity index (χ4v) is 2.78. The molecular weight excluding hydrogens is 350 g/mol. The van der Waals surface area contributed by atoms with Gasteiger partial charge in [0.1, 0.15) is 0 Å². The number of benzene rings is 2. The van der Waals surface area contributed by atoms with Crippen molar-refractivity contribution in [2.75, 3.05) is 5.32 Å². The predicted molar refractivity (Wildman–Crippen MR) is 109 cm³/mol. The maximum atomic E-state index is 12.2. The van der Waals surface area contributed by atoms with Crippen LogP contribution in [0.15, 0.2) is 91.5 Å². The highest BCUT2D eigenvalue weighted by atomic mass is 16.1. The van der Waals surface area contributed by atoms with Gasteiger partial charge in [0.2, 0.25) is 5.91 Å². The first-order chi connectivity index (χ1) is 13.8. The summed E-state index contributed by atoms with van der Waals surface area (Å²) in [5.41, 5.74) is 3.69. The van der Waals surface area contributed by atoms with Gasteiger partial charge < -0.3 is 5.32 Å². The normalized spacial score (nSPS) is 11.0. The van der Waals surface area contributed by atoms with E-state index in [-0.39, 0.29) is 5.91 Å². The molecule has 2 aromatic carbocycles. The Morgan fingerprint density at radius 2 is 1.82 bits per heavy atom. The molecule has 28 heavy (non-hydrogen) atoms. The molecule has 2 aromatic heterocycles. The van der Waals surface area contributed by atoms with Gasteiger partial charge in [0, 0.05) is 35.9 Å². The van der Waals surface area contributed by atoms with Crippen LogP contribution < -0.4 is 5.32 Å². The van der Waals surface area contributed by atoms with Crippen molar-refractivity contribution in [2.45, 2.75) is 6.54 Å². The number of nitrogens with zero attached hydrogens (tertiary/aromatic N) is 4. The number of anilines is 1. The quantitative estimate of drug-likeness (QED) is 0.526. The van der Waals surface area contributed by atoms with E-state index >= 15 is 0 Å². The number of nitrogens with one attached hydrogen (secondary N) is 1. The molecule has 0 spiro atoms. The van der Waals surface area contributed by atoms with E-state index in [2.05, 4.69) is 15.5 Å². The fraction of sp³-hybridized carbons (Fsp3) is 0.0455. The molecule has 6 heteroatoms. The van der Waals surface area contributed by atoms with Crippen LogP contribution >= 0.6 is 0 Å². The van der Waals surface area contributed by atoms with Gasteiger partial charge in [-0.2, -0.15) is 10.2 Å². The molecule has 0 atom stereocenters. The zero-order chi connectivity index (χ0) is 19.2. The predicted octanol–water partition coefficient (Wildman–Crippen LogP) is 3.77. The maximum absolute atomic E-state index is 12.2. The third kappa shape index (κ3) is 4.42. The van der Waals surface area contributed by atoms with E-state index in [1.807, 2.05) is 77.7 Å². The van der Waals surface area contributed by atoms with Gasteiger partial charge in [0.25, 0.3) is 0 Å². The Balaban J connectivity index is 1.34. The summed E-state index contributed by atoms with van der Waals surface area (Å²) in [7, 11) is 0. The van der Waals surface area contributed by atoms with Gasteiger partial charge >= 0.3 is 0 Å². The van der Waals surface area contributed by atoms with Crippen LogP contribution in [-0.4, -0.2) is 25.5 Å². The molecular formula is C22H19N5O. The smallest absolute Gasteiger partial charge is 0.248 e. The first kappa shape index (κ1) is 17.5. The Labute approximate surface area is 162 Å². The van der Waals surface area contributed by atoms with E-state index < -0.39 is 0 Å². The molecule has 0 radical (unpaired) electrons. The van der Waals surface area contributed by atoms with Crippen LogP contribution in [0.1, 0.15) is 11.1 Å². The van der Waals surface area contributed by atoms with Gasteiger partial charge in [0.15, 0.2) is 0 Å². The lowest BCUT2D eigenvalue weighted by Gasteiger charge is -2.05. The number of carbonyl (C=O) groups excluding carboxylic acids is 1. The minimum Gasteiger partial charge on any atom is -0.323 e. The van der Waals surface area contributed by atoms with Crippen molar-refractivity contribution in [1.82, 2.24) is 19.6 Å². The lowest BCUT2D eigenvalue weighted by Crippen LogP contribution is -2.08. The molecule has 0 bridgehead atoms. The number of rotatable bonds is 6. The Kier molecular flexibility index (Phi) is 5.11.